The molecule has 2 atom stereocenters. The van der Waals surface area contributed by atoms with Crippen LogP contribution in [0, 0.1) is 0 Å². The molecule has 1 N–H and O–H groups in total. The van der Waals surface area contributed by atoms with Crippen LogP contribution in [-0.2, 0) is 4.74 Å². The first-order chi connectivity index (χ1) is 4.60. The maximum atomic E-state index is 9.43. The van der Waals surface area contributed by atoms with Gasteiger partial charge in [-0.3, -0.25) is 0 Å². The molecular formula is C7H15NO2. The SMILES string of the molecule is CCC1(C)OCC(C)N1O. The van der Waals surface area contributed by atoms with Crippen molar-refractivity contribution in [2.75, 3.05) is 6.61 Å². The first kappa shape index (κ1) is 7.98. The van der Waals surface area contributed by atoms with Gasteiger partial charge in [0.15, 0.2) is 0 Å². The monoisotopic (exact) mass is 145 g/mol. The van der Waals surface area contributed by atoms with Crippen molar-refractivity contribution in [2.24, 2.45) is 0 Å². The lowest BCUT2D eigenvalue weighted by Gasteiger charge is -2.28. The number of hydroxylamine groups is 2. The summed E-state index contributed by atoms with van der Waals surface area (Å²) in [5.74, 6) is 0. The predicted octanol–water partition coefficient (Wildman–Crippen LogP) is 1.22. The third-order valence-electron chi connectivity index (χ3n) is 2.19. The van der Waals surface area contributed by atoms with Crippen LogP contribution in [0.5, 0.6) is 0 Å². The molecule has 60 valence electrons. The number of nitrogens with zero attached hydrogens (tertiary/aromatic N) is 1. The molecule has 3 heteroatoms. The Hall–Kier alpha value is -0.120. The molecule has 0 amide bonds. The zero-order valence-corrected chi connectivity index (χ0v) is 6.79. The summed E-state index contributed by atoms with van der Waals surface area (Å²) in [6.45, 7) is 6.47. The zero-order valence-electron chi connectivity index (χ0n) is 6.79. The second-order valence-corrected chi connectivity index (χ2v) is 3.03. The summed E-state index contributed by atoms with van der Waals surface area (Å²) in [4.78, 5) is 0. The molecule has 1 aliphatic rings. The standard InChI is InChI=1S/C7H15NO2/c1-4-7(3)8(9)6(2)5-10-7/h6,9H,4-5H2,1-3H3. The van der Waals surface area contributed by atoms with E-state index >= 15 is 0 Å². The highest BCUT2D eigenvalue weighted by molar-refractivity contribution is 4.79. The quantitative estimate of drug-likeness (QED) is 0.602. The number of rotatable bonds is 1. The minimum atomic E-state index is -0.445. The molecule has 1 saturated heterocycles. The summed E-state index contributed by atoms with van der Waals surface area (Å²) in [6.07, 6.45) is 0.813. The Morgan fingerprint density at radius 1 is 1.80 bits per heavy atom. The predicted molar refractivity (Wildman–Crippen MR) is 37.7 cm³/mol. The Labute approximate surface area is 61.5 Å². The van der Waals surface area contributed by atoms with Crippen molar-refractivity contribution in [2.45, 2.75) is 39.0 Å². The zero-order chi connectivity index (χ0) is 7.78. The lowest BCUT2D eigenvalue weighted by molar-refractivity contribution is -0.226. The molecule has 0 saturated carbocycles. The molecule has 10 heavy (non-hydrogen) atoms. The Bertz CT molecular complexity index is 129. The third kappa shape index (κ3) is 1.05. The molecule has 0 aliphatic carbocycles. The van der Waals surface area contributed by atoms with Gasteiger partial charge in [-0.05, 0) is 20.3 Å². The largest absolute Gasteiger partial charge is 0.357 e. The number of ether oxygens (including phenoxy) is 1. The first-order valence-electron chi connectivity index (χ1n) is 3.72. The molecule has 1 aliphatic heterocycles. The first-order valence-corrected chi connectivity index (χ1v) is 3.72. The van der Waals surface area contributed by atoms with Gasteiger partial charge in [0.05, 0.1) is 12.6 Å². The molecule has 1 heterocycles. The van der Waals surface area contributed by atoms with E-state index in [4.69, 9.17) is 4.74 Å². The summed E-state index contributed by atoms with van der Waals surface area (Å²) in [6, 6.07) is 0.130. The Balaban J connectivity index is 2.64. The van der Waals surface area contributed by atoms with E-state index in [0.717, 1.165) is 6.42 Å². The highest BCUT2D eigenvalue weighted by Gasteiger charge is 2.39. The molecule has 0 bridgehead atoms. The van der Waals surface area contributed by atoms with Crippen LogP contribution in [0.2, 0.25) is 0 Å². The van der Waals surface area contributed by atoms with Crippen molar-refractivity contribution in [3.05, 3.63) is 0 Å². The fourth-order valence-electron chi connectivity index (χ4n) is 1.17. The van der Waals surface area contributed by atoms with Gasteiger partial charge in [-0.1, -0.05) is 6.92 Å². The van der Waals surface area contributed by atoms with Gasteiger partial charge in [0.2, 0.25) is 0 Å². The summed E-state index contributed by atoms with van der Waals surface area (Å²) in [5.41, 5.74) is -0.445. The van der Waals surface area contributed by atoms with Crippen LogP contribution in [0.3, 0.4) is 0 Å². The minimum absolute atomic E-state index is 0.130. The van der Waals surface area contributed by atoms with E-state index in [9.17, 15) is 5.21 Å². The molecule has 0 aromatic carbocycles. The van der Waals surface area contributed by atoms with E-state index in [-0.39, 0.29) is 6.04 Å². The van der Waals surface area contributed by atoms with Crippen LogP contribution < -0.4 is 0 Å². The van der Waals surface area contributed by atoms with Crippen molar-refractivity contribution in [3.8, 4) is 0 Å². The highest BCUT2D eigenvalue weighted by atomic mass is 16.6. The van der Waals surface area contributed by atoms with E-state index in [1.807, 2.05) is 20.8 Å². The maximum Gasteiger partial charge on any atom is 0.141 e. The van der Waals surface area contributed by atoms with Gasteiger partial charge >= 0.3 is 0 Å². The van der Waals surface area contributed by atoms with Gasteiger partial charge in [0.25, 0.3) is 0 Å². The van der Waals surface area contributed by atoms with Gasteiger partial charge < -0.3 is 9.94 Å². The number of hydrogen-bond donors (Lipinski definition) is 1. The number of hydrogen-bond acceptors (Lipinski definition) is 3. The van der Waals surface area contributed by atoms with Gasteiger partial charge in [-0.25, -0.2) is 0 Å². The molecular weight excluding hydrogens is 130 g/mol. The molecule has 0 radical (unpaired) electrons. The average molecular weight is 145 g/mol. The van der Waals surface area contributed by atoms with E-state index < -0.39 is 5.72 Å². The second-order valence-electron chi connectivity index (χ2n) is 3.03. The molecule has 0 aromatic rings. The summed E-state index contributed by atoms with van der Waals surface area (Å²) in [7, 11) is 0. The normalized spacial score (nSPS) is 42.6. The fourth-order valence-corrected chi connectivity index (χ4v) is 1.17. The van der Waals surface area contributed by atoms with Crippen molar-refractivity contribution in [1.29, 1.82) is 0 Å². The minimum Gasteiger partial charge on any atom is -0.357 e. The van der Waals surface area contributed by atoms with Crippen LogP contribution in [0.25, 0.3) is 0 Å². The van der Waals surface area contributed by atoms with Crippen LogP contribution in [0.15, 0.2) is 0 Å². The van der Waals surface area contributed by atoms with Crippen molar-refractivity contribution < 1.29 is 9.94 Å². The molecule has 2 unspecified atom stereocenters. The van der Waals surface area contributed by atoms with Gasteiger partial charge in [0.1, 0.15) is 5.72 Å². The average Bonchev–Trinajstić information content (AvgIpc) is 2.19. The van der Waals surface area contributed by atoms with E-state index in [0.29, 0.717) is 6.61 Å². The van der Waals surface area contributed by atoms with Crippen molar-refractivity contribution >= 4 is 0 Å². The van der Waals surface area contributed by atoms with Crippen LogP contribution in [-0.4, -0.2) is 28.6 Å². The third-order valence-corrected chi connectivity index (χ3v) is 2.19. The van der Waals surface area contributed by atoms with Gasteiger partial charge in [-0.15, -0.1) is 0 Å². The Kier molecular flexibility index (Phi) is 1.99. The molecule has 0 spiro atoms. The molecule has 3 nitrogen and oxygen atoms in total. The topological polar surface area (TPSA) is 32.7 Å². The highest BCUT2D eigenvalue weighted by Crippen LogP contribution is 2.27. The fraction of sp³-hybridized carbons (Fsp3) is 1.00. The molecule has 0 aromatic heterocycles. The van der Waals surface area contributed by atoms with Gasteiger partial charge in [0, 0.05) is 0 Å². The lowest BCUT2D eigenvalue weighted by atomic mass is 10.2. The van der Waals surface area contributed by atoms with Crippen molar-refractivity contribution in [1.82, 2.24) is 5.06 Å². The van der Waals surface area contributed by atoms with E-state index in [1.165, 1.54) is 5.06 Å². The molecule has 1 rings (SSSR count). The second kappa shape index (κ2) is 2.49. The van der Waals surface area contributed by atoms with Crippen LogP contribution >= 0.6 is 0 Å². The summed E-state index contributed by atoms with van der Waals surface area (Å²) < 4.78 is 5.39. The van der Waals surface area contributed by atoms with E-state index in [1.54, 1.807) is 0 Å². The van der Waals surface area contributed by atoms with Crippen LogP contribution in [0.4, 0.5) is 0 Å². The maximum absolute atomic E-state index is 9.43. The van der Waals surface area contributed by atoms with Gasteiger partial charge in [-0.2, -0.15) is 5.06 Å². The summed E-state index contributed by atoms with van der Waals surface area (Å²) >= 11 is 0. The van der Waals surface area contributed by atoms with Crippen molar-refractivity contribution in [3.63, 3.8) is 0 Å². The Morgan fingerprint density at radius 3 is 2.60 bits per heavy atom. The summed E-state index contributed by atoms with van der Waals surface area (Å²) in [5, 5.41) is 10.7. The lowest BCUT2D eigenvalue weighted by Crippen LogP contribution is -2.42. The van der Waals surface area contributed by atoms with E-state index in [2.05, 4.69) is 0 Å². The smallest absolute Gasteiger partial charge is 0.141 e. The Morgan fingerprint density at radius 2 is 2.40 bits per heavy atom. The molecule has 1 fully saturated rings. The van der Waals surface area contributed by atoms with Crippen LogP contribution in [0.1, 0.15) is 27.2 Å².